The summed E-state index contributed by atoms with van der Waals surface area (Å²) in [6.07, 6.45) is 2.15. The number of benzene rings is 2. The van der Waals surface area contributed by atoms with E-state index in [1.165, 1.54) is 7.05 Å². The minimum Gasteiger partial charge on any atom is -0.610 e. The van der Waals surface area contributed by atoms with Crippen LogP contribution in [0.25, 0.3) is 21.7 Å². The molecule has 4 aromatic rings. The summed E-state index contributed by atoms with van der Waals surface area (Å²) in [5, 5.41) is 12.2. The highest BCUT2D eigenvalue weighted by Gasteiger charge is 2.27. The van der Waals surface area contributed by atoms with E-state index >= 15 is 0 Å². The summed E-state index contributed by atoms with van der Waals surface area (Å²) in [7, 11) is 1.46. The summed E-state index contributed by atoms with van der Waals surface area (Å²) >= 11 is -1.52. The van der Waals surface area contributed by atoms with Crippen LogP contribution in [0.4, 0.5) is 0 Å². The Morgan fingerprint density at radius 3 is 2.55 bits per heavy atom. The molecule has 2 heterocycles. The van der Waals surface area contributed by atoms with Gasteiger partial charge in [0.25, 0.3) is 5.56 Å². The predicted octanol–water partition coefficient (Wildman–Crippen LogP) is 2.85. The van der Waals surface area contributed by atoms with Crippen molar-refractivity contribution in [2.45, 2.75) is 38.4 Å². The van der Waals surface area contributed by atoms with Gasteiger partial charge in [0.1, 0.15) is 11.1 Å². The largest absolute Gasteiger partial charge is 0.610 e. The highest BCUT2D eigenvalue weighted by Crippen LogP contribution is 2.27. The van der Waals surface area contributed by atoms with Gasteiger partial charge in [-0.3, -0.25) is 13.9 Å². The molecular formula is C25H29N3O4S. The second-order valence-electron chi connectivity index (χ2n) is 8.74. The average Bonchev–Trinajstić information content (AvgIpc) is 3.18. The molecule has 2 aromatic carbocycles. The third-order valence-corrected chi connectivity index (χ3v) is 7.34. The molecule has 0 aliphatic rings. The number of rotatable bonds is 8. The molecule has 0 spiro atoms. The molecule has 8 heteroatoms. The van der Waals surface area contributed by atoms with Crippen LogP contribution in [-0.2, 0) is 31.3 Å². The van der Waals surface area contributed by atoms with Crippen molar-refractivity contribution in [2.24, 2.45) is 13.0 Å². The fourth-order valence-corrected chi connectivity index (χ4v) is 5.66. The molecule has 0 aliphatic heterocycles. The topological polar surface area (TPSA) is 92.2 Å². The van der Waals surface area contributed by atoms with Crippen molar-refractivity contribution in [3.8, 4) is 0 Å². The van der Waals surface area contributed by atoms with Crippen LogP contribution in [-0.4, -0.2) is 35.7 Å². The third-order valence-electron chi connectivity index (χ3n) is 5.81. The Labute approximate surface area is 195 Å². The van der Waals surface area contributed by atoms with Gasteiger partial charge in [-0.25, -0.2) is 4.79 Å². The standard InChI is InChI=1S/C25H29N3O4S/c1-17(2)14-28-21-16-27(15-19-10-6-9-18-8-4-5-11-20(18)19)24(33(32)13-7-12-29)22(21)23(30)26(3)25(28)31/h4-6,8-11,16-17,29H,7,12-15H2,1-3H3. The maximum Gasteiger partial charge on any atom is 0.331 e. The number of aliphatic hydroxyl groups excluding tert-OH is 1. The van der Waals surface area contributed by atoms with E-state index in [1.54, 1.807) is 10.8 Å². The normalized spacial score (nSPS) is 12.8. The predicted molar refractivity (Wildman–Crippen MR) is 132 cm³/mol. The van der Waals surface area contributed by atoms with E-state index in [4.69, 9.17) is 0 Å². The number of aliphatic hydroxyl groups is 1. The van der Waals surface area contributed by atoms with Crippen LogP contribution in [0.3, 0.4) is 0 Å². The summed E-state index contributed by atoms with van der Waals surface area (Å²) in [6, 6.07) is 14.1. The number of aromatic nitrogens is 3. The number of hydrogen-bond donors (Lipinski definition) is 1. The lowest BCUT2D eigenvalue weighted by atomic mass is 10.0. The molecule has 0 bridgehead atoms. The van der Waals surface area contributed by atoms with E-state index in [9.17, 15) is 19.2 Å². The molecule has 0 amide bonds. The lowest BCUT2D eigenvalue weighted by Crippen LogP contribution is -2.39. The molecule has 1 unspecified atom stereocenters. The van der Waals surface area contributed by atoms with Crippen molar-refractivity contribution < 1.29 is 9.66 Å². The smallest absolute Gasteiger partial charge is 0.331 e. The van der Waals surface area contributed by atoms with Crippen LogP contribution in [0.15, 0.2) is 63.3 Å². The summed E-state index contributed by atoms with van der Waals surface area (Å²) in [5.41, 5.74) is 0.711. The zero-order valence-electron chi connectivity index (χ0n) is 19.2. The van der Waals surface area contributed by atoms with Gasteiger partial charge in [0.2, 0.25) is 5.03 Å². The Morgan fingerprint density at radius 1 is 1.09 bits per heavy atom. The Morgan fingerprint density at radius 2 is 1.82 bits per heavy atom. The van der Waals surface area contributed by atoms with Gasteiger partial charge < -0.3 is 14.2 Å². The zero-order valence-corrected chi connectivity index (χ0v) is 20.0. The first-order valence-electron chi connectivity index (χ1n) is 11.1. The van der Waals surface area contributed by atoms with E-state index in [0.717, 1.165) is 20.9 Å². The summed E-state index contributed by atoms with van der Waals surface area (Å²) < 4.78 is 17.9. The van der Waals surface area contributed by atoms with Crippen LogP contribution >= 0.6 is 0 Å². The summed E-state index contributed by atoms with van der Waals surface area (Å²) in [4.78, 5) is 26.2. The molecule has 1 N–H and O–H groups in total. The molecule has 0 aliphatic carbocycles. The Kier molecular flexibility index (Phi) is 6.78. The van der Waals surface area contributed by atoms with E-state index in [-0.39, 0.29) is 24.0 Å². The lowest BCUT2D eigenvalue weighted by Gasteiger charge is -2.15. The molecule has 0 saturated heterocycles. The number of nitrogens with zero attached hydrogens (tertiary/aromatic N) is 3. The maximum absolute atomic E-state index is 13.4. The average molecular weight is 468 g/mol. The Balaban J connectivity index is 1.99. The first kappa shape index (κ1) is 23.4. The van der Waals surface area contributed by atoms with Crippen molar-refractivity contribution >= 4 is 32.9 Å². The first-order valence-corrected chi connectivity index (χ1v) is 12.4. The van der Waals surface area contributed by atoms with Crippen LogP contribution in [0.5, 0.6) is 0 Å². The Bertz CT molecular complexity index is 1410. The molecule has 1 atom stereocenters. The second kappa shape index (κ2) is 9.59. The van der Waals surface area contributed by atoms with Crippen molar-refractivity contribution in [2.75, 3.05) is 12.4 Å². The van der Waals surface area contributed by atoms with Crippen molar-refractivity contribution in [1.29, 1.82) is 0 Å². The molecule has 0 saturated carbocycles. The van der Waals surface area contributed by atoms with Crippen molar-refractivity contribution in [3.63, 3.8) is 0 Å². The van der Waals surface area contributed by atoms with Crippen LogP contribution in [0.1, 0.15) is 25.8 Å². The molecule has 2 aromatic heterocycles. The molecule has 33 heavy (non-hydrogen) atoms. The van der Waals surface area contributed by atoms with E-state index in [0.29, 0.717) is 35.4 Å². The van der Waals surface area contributed by atoms with Crippen LogP contribution in [0, 0.1) is 5.92 Å². The quantitative estimate of drug-likeness (QED) is 0.403. The van der Waals surface area contributed by atoms with E-state index < -0.39 is 16.7 Å². The lowest BCUT2D eigenvalue weighted by molar-refractivity contribution is 0.295. The fraction of sp³-hybridized carbons (Fsp3) is 0.360. The monoisotopic (exact) mass is 467 g/mol. The van der Waals surface area contributed by atoms with Gasteiger partial charge in [-0.2, -0.15) is 0 Å². The fourth-order valence-electron chi connectivity index (χ4n) is 4.28. The van der Waals surface area contributed by atoms with Gasteiger partial charge in [0.15, 0.2) is 0 Å². The van der Waals surface area contributed by atoms with Crippen molar-refractivity contribution in [3.05, 3.63) is 75.1 Å². The summed E-state index contributed by atoms with van der Waals surface area (Å²) in [6.45, 7) is 4.80. The minimum absolute atomic E-state index is 0.0796. The zero-order chi connectivity index (χ0) is 23.7. The highest BCUT2D eigenvalue weighted by atomic mass is 32.2. The van der Waals surface area contributed by atoms with E-state index in [2.05, 4.69) is 0 Å². The molecule has 0 fully saturated rings. The van der Waals surface area contributed by atoms with Gasteiger partial charge in [-0.15, -0.1) is 0 Å². The van der Waals surface area contributed by atoms with Gasteiger partial charge in [-0.1, -0.05) is 56.3 Å². The van der Waals surface area contributed by atoms with Gasteiger partial charge in [-0.05, 0) is 22.3 Å². The maximum atomic E-state index is 13.4. The van der Waals surface area contributed by atoms with Gasteiger partial charge in [0, 0.05) is 44.0 Å². The van der Waals surface area contributed by atoms with Gasteiger partial charge in [0.05, 0.1) is 12.1 Å². The SMILES string of the molecule is CC(C)Cn1c(=O)n(C)c(=O)c2c([S+]([O-])CCCO)n(Cc3cccc4ccccc34)cc21. The number of fused-ring (bicyclic) bond motifs is 2. The number of hydrogen-bond acceptors (Lipinski definition) is 4. The molecule has 174 valence electrons. The summed E-state index contributed by atoms with van der Waals surface area (Å²) in [5.74, 6) is 0.422. The van der Waals surface area contributed by atoms with Crippen LogP contribution in [0.2, 0.25) is 0 Å². The van der Waals surface area contributed by atoms with E-state index in [1.807, 2.05) is 60.9 Å². The Hall–Kier alpha value is -2.81. The van der Waals surface area contributed by atoms with Gasteiger partial charge >= 0.3 is 5.69 Å². The van der Waals surface area contributed by atoms with Crippen molar-refractivity contribution in [1.82, 2.24) is 13.7 Å². The van der Waals surface area contributed by atoms with Crippen LogP contribution < -0.4 is 11.2 Å². The highest BCUT2D eigenvalue weighted by molar-refractivity contribution is 7.91. The molecule has 4 rings (SSSR count). The third kappa shape index (κ3) is 4.38. The molecule has 0 radical (unpaired) electrons. The second-order valence-corrected chi connectivity index (χ2v) is 10.2. The first-order chi connectivity index (χ1) is 15.8. The molecular weight excluding hydrogens is 438 g/mol. The minimum atomic E-state index is -1.52. The molecule has 7 nitrogen and oxygen atoms in total.